The maximum Gasteiger partial charge on any atom is 0.326 e. The summed E-state index contributed by atoms with van der Waals surface area (Å²) in [5.74, 6) is -11.5. The average Bonchev–Trinajstić information content (AvgIpc) is 2.80. The highest BCUT2D eigenvalue weighted by Gasteiger charge is 2.35. The number of unbranched alkanes of at least 4 members (excludes halogenated alkanes) is 1. The molecule has 2 aromatic rings. The van der Waals surface area contributed by atoms with Crippen LogP contribution in [-0.4, -0.2) is 180 Å². The van der Waals surface area contributed by atoms with Gasteiger partial charge in [-0.05, 0) is 107 Å². The molecule has 23 N–H and O–H groups in total. The van der Waals surface area contributed by atoms with Crippen molar-refractivity contribution in [3.63, 3.8) is 0 Å². The van der Waals surface area contributed by atoms with Gasteiger partial charge in [0.25, 0.3) is 0 Å². The highest BCUT2D eigenvalue weighted by molar-refractivity contribution is 7.98. The molecule has 504 valence electrons. The second kappa shape index (κ2) is 42.1. The zero-order chi connectivity index (χ0) is 68.2. The fraction of sp³-hybridized carbons (Fsp3) is 0.559. The first-order valence-corrected chi connectivity index (χ1v) is 31.3. The SMILES string of the molecule is CSCC[C@H](NC(=O)[C@H](CC(C)C)NC(=O)CNC(=O)[C@H](Cc1ccccc1)NC(=O)[C@H](Cc1ccccc1)NC(=O)[C@H](CCC(N)=O)NC(=O)[C@H](CCC(N)=O)NC(=O)[C@H](C)NC(=O)[C@H](CCCCN)NC(=O)[C@H](C)NC(=O)[C@@H](N)CCCN=C(N)N)C(=O)O. The van der Waals surface area contributed by atoms with E-state index in [9.17, 15) is 67.4 Å². The van der Waals surface area contributed by atoms with Gasteiger partial charge in [0.05, 0.1) is 12.6 Å². The Kier molecular flexibility index (Phi) is 36.2. The number of hydrogen-bond donors (Lipinski definition) is 17. The number of carboxylic acid groups (broad SMARTS) is 1. The lowest BCUT2D eigenvalue weighted by molar-refractivity contribution is -0.142. The Balaban J connectivity index is 2.41. The van der Waals surface area contributed by atoms with Crippen LogP contribution in [-0.2, 0) is 75.2 Å². The van der Waals surface area contributed by atoms with Gasteiger partial charge < -0.3 is 92.7 Å². The minimum absolute atomic E-state index is 0.0482. The molecule has 2 rings (SSSR count). The number of carbonyl (C=O) groups excluding carboxylic acids is 12. The van der Waals surface area contributed by atoms with E-state index in [2.05, 4.69) is 58.2 Å². The molecular weight excluding hydrogens is 1200 g/mol. The number of aliphatic carboxylic acids is 1. The van der Waals surface area contributed by atoms with Gasteiger partial charge in [-0.1, -0.05) is 74.5 Å². The molecule has 32 heteroatoms. The van der Waals surface area contributed by atoms with Crippen LogP contribution in [0.25, 0.3) is 0 Å². The number of carbonyl (C=O) groups is 13. The molecule has 0 aromatic heterocycles. The van der Waals surface area contributed by atoms with Crippen LogP contribution in [0.3, 0.4) is 0 Å². The van der Waals surface area contributed by atoms with Gasteiger partial charge in [0, 0.05) is 32.2 Å². The number of benzene rings is 2. The van der Waals surface area contributed by atoms with Crippen LogP contribution < -0.4 is 87.6 Å². The standard InChI is InChI=1S/C59H93N17O14S/c1-33(2)29-43(56(87)74-42(58(89)90)25-28-91-5)70-48(79)32-67-52(83)44(30-36-15-8-6-9-16-36)75-57(88)45(31-37-17-10-7-11-18-37)76-55(86)41(22-24-47(63)78)73-54(85)40(21-23-46(62)77)72-50(81)35(4)69-53(84)39(20-12-13-26-60)71-49(80)34(3)68-51(82)38(61)19-14-27-66-59(64)65/h6-11,15-18,33-35,38-45H,12-14,19-32,60-61H2,1-5H3,(H2,62,77)(H2,63,78)(H,67,83)(H,68,82)(H,69,84)(H,70,79)(H,71,80)(H,72,81)(H,73,85)(H,74,87)(H,75,88)(H,76,86)(H,89,90)(H4,64,65,66)/t34-,35-,38-,39-,40-,41-,42-,43-,44-,45-/m0/s1. The number of nitrogens with one attached hydrogen (secondary N) is 10. The summed E-state index contributed by atoms with van der Waals surface area (Å²) in [5.41, 5.74) is 34.4. The molecule has 0 spiro atoms. The van der Waals surface area contributed by atoms with Crippen molar-refractivity contribution >= 4 is 94.6 Å². The van der Waals surface area contributed by atoms with Crippen molar-refractivity contribution < 1.29 is 67.4 Å². The lowest BCUT2D eigenvalue weighted by Gasteiger charge is -2.27. The third-order valence-corrected chi connectivity index (χ3v) is 14.5. The summed E-state index contributed by atoms with van der Waals surface area (Å²) in [4.78, 5) is 178. The number of nitrogens with two attached hydrogens (primary N) is 6. The molecule has 12 amide bonds. The second-order valence-corrected chi connectivity index (χ2v) is 23.1. The lowest BCUT2D eigenvalue weighted by atomic mass is 10.0. The molecule has 0 aliphatic rings. The smallest absolute Gasteiger partial charge is 0.326 e. The van der Waals surface area contributed by atoms with Gasteiger partial charge in [-0.25, -0.2) is 4.79 Å². The summed E-state index contributed by atoms with van der Waals surface area (Å²) in [5, 5.41) is 35.0. The fourth-order valence-corrected chi connectivity index (χ4v) is 9.29. The molecule has 91 heavy (non-hydrogen) atoms. The van der Waals surface area contributed by atoms with E-state index < -0.39 is 170 Å². The predicted octanol–water partition coefficient (Wildman–Crippen LogP) is -4.08. The van der Waals surface area contributed by atoms with E-state index in [0.29, 0.717) is 36.1 Å². The molecule has 0 saturated heterocycles. The molecule has 0 radical (unpaired) electrons. The molecule has 0 fully saturated rings. The third-order valence-electron chi connectivity index (χ3n) is 13.9. The quantitative estimate of drug-likeness (QED) is 0.0170. The van der Waals surface area contributed by atoms with E-state index in [1.807, 2.05) is 0 Å². The fourth-order valence-electron chi connectivity index (χ4n) is 8.82. The van der Waals surface area contributed by atoms with E-state index in [4.69, 9.17) is 34.4 Å². The first-order chi connectivity index (χ1) is 43.0. The van der Waals surface area contributed by atoms with Crippen LogP contribution >= 0.6 is 11.8 Å². The Bertz CT molecular complexity index is 2780. The Hall–Kier alpha value is -8.91. The zero-order valence-corrected chi connectivity index (χ0v) is 53.0. The molecule has 0 saturated carbocycles. The summed E-state index contributed by atoms with van der Waals surface area (Å²) in [6, 6.07) is 3.33. The van der Waals surface area contributed by atoms with Gasteiger partial charge >= 0.3 is 5.97 Å². The molecule has 0 aliphatic heterocycles. The summed E-state index contributed by atoms with van der Waals surface area (Å²) in [6.07, 6.45) is 1.25. The van der Waals surface area contributed by atoms with Gasteiger partial charge in [0.2, 0.25) is 70.9 Å². The summed E-state index contributed by atoms with van der Waals surface area (Å²) in [6.45, 7) is 6.02. The van der Waals surface area contributed by atoms with Crippen molar-refractivity contribution in [3.8, 4) is 0 Å². The van der Waals surface area contributed by atoms with Crippen LogP contribution in [0.2, 0.25) is 0 Å². The van der Waals surface area contributed by atoms with E-state index in [1.54, 1.807) is 80.8 Å². The largest absolute Gasteiger partial charge is 0.480 e. The number of thioether (sulfide) groups is 1. The van der Waals surface area contributed by atoms with Gasteiger partial charge in [-0.2, -0.15) is 11.8 Å². The third kappa shape index (κ3) is 31.9. The zero-order valence-electron chi connectivity index (χ0n) is 52.2. The number of aliphatic imine (C=N–C) groups is 1. The predicted molar refractivity (Wildman–Crippen MR) is 340 cm³/mol. The molecule has 0 aliphatic carbocycles. The first kappa shape index (κ1) is 78.2. The summed E-state index contributed by atoms with van der Waals surface area (Å²) < 4.78 is 0. The van der Waals surface area contributed by atoms with Crippen LogP contribution in [0.15, 0.2) is 65.7 Å². The van der Waals surface area contributed by atoms with Crippen molar-refractivity contribution in [1.82, 2.24) is 53.2 Å². The average molecular weight is 1300 g/mol. The lowest BCUT2D eigenvalue weighted by Crippen LogP contribution is -2.60. The van der Waals surface area contributed by atoms with E-state index >= 15 is 0 Å². The van der Waals surface area contributed by atoms with E-state index in [0.717, 1.165) is 0 Å². The van der Waals surface area contributed by atoms with Gasteiger partial charge in [0.1, 0.15) is 54.4 Å². The highest BCUT2D eigenvalue weighted by Crippen LogP contribution is 2.12. The van der Waals surface area contributed by atoms with Crippen LogP contribution in [0, 0.1) is 5.92 Å². The van der Waals surface area contributed by atoms with E-state index in [1.165, 1.54) is 25.6 Å². The van der Waals surface area contributed by atoms with Gasteiger partial charge in [-0.15, -0.1) is 0 Å². The van der Waals surface area contributed by atoms with Crippen LogP contribution in [0.5, 0.6) is 0 Å². The van der Waals surface area contributed by atoms with Crippen molar-refractivity contribution in [2.75, 3.05) is 31.6 Å². The maximum atomic E-state index is 14.6. The molecule has 0 bridgehead atoms. The Morgan fingerprint density at radius 2 is 0.912 bits per heavy atom. The molecule has 0 unspecified atom stereocenters. The van der Waals surface area contributed by atoms with E-state index in [-0.39, 0.29) is 63.5 Å². The first-order valence-electron chi connectivity index (χ1n) is 29.9. The van der Waals surface area contributed by atoms with Crippen molar-refractivity contribution in [1.29, 1.82) is 0 Å². The molecule has 2 aromatic carbocycles. The van der Waals surface area contributed by atoms with Crippen molar-refractivity contribution in [2.45, 2.75) is 172 Å². The number of amides is 12. The number of nitrogens with zero attached hydrogens (tertiary/aromatic N) is 1. The Morgan fingerprint density at radius 3 is 1.37 bits per heavy atom. The molecule has 31 nitrogen and oxygen atoms in total. The molecule has 0 heterocycles. The Morgan fingerprint density at radius 1 is 0.484 bits per heavy atom. The number of rotatable bonds is 44. The summed E-state index contributed by atoms with van der Waals surface area (Å²) in [7, 11) is 0. The van der Waals surface area contributed by atoms with Crippen LogP contribution in [0.4, 0.5) is 0 Å². The number of primary amides is 2. The van der Waals surface area contributed by atoms with Gasteiger partial charge in [-0.3, -0.25) is 62.5 Å². The van der Waals surface area contributed by atoms with Crippen LogP contribution in [0.1, 0.15) is 109 Å². The van der Waals surface area contributed by atoms with Crippen molar-refractivity contribution in [3.05, 3.63) is 71.8 Å². The number of carboxylic acids is 1. The monoisotopic (exact) mass is 1300 g/mol. The second-order valence-electron chi connectivity index (χ2n) is 22.1. The van der Waals surface area contributed by atoms with Crippen molar-refractivity contribution in [2.24, 2.45) is 45.3 Å². The van der Waals surface area contributed by atoms with Gasteiger partial charge in [0.15, 0.2) is 5.96 Å². The topological polar surface area (TPSA) is 531 Å². The minimum Gasteiger partial charge on any atom is -0.480 e. The maximum absolute atomic E-state index is 14.6. The number of hydrogen-bond acceptors (Lipinski definition) is 17. The Labute approximate surface area is 533 Å². The summed E-state index contributed by atoms with van der Waals surface area (Å²) >= 11 is 1.39. The molecule has 10 atom stereocenters. The number of guanidine groups is 1. The normalized spacial score (nSPS) is 14.2. The highest BCUT2D eigenvalue weighted by atomic mass is 32.2. The molecular formula is C59H93N17O14S. The minimum atomic E-state index is -1.67.